The van der Waals surface area contributed by atoms with E-state index in [0.717, 1.165) is 42.4 Å². The van der Waals surface area contributed by atoms with Crippen LogP contribution in [-0.4, -0.2) is 47.0 Å². The molecule has 1 aromatic carbocycles. The summed E-state index contributed by atoms with van der Waals surface area (Å²) in [5, 5.41) is 5.89. The van der Waals surface area contributed by atoms with Crippen molar-refractivity contribution in [3.05, 3.63) is 34.9 Å². The number of ether oxygens (including phenoxy) is 1. The van der Waals surface area contributed by atoms with E-state index in [9.17, 15) is 14.4 Å². The summed E-state index contributed by atoms with van der Waals surface area (Å²) >= 11 is 0. The first kappa shape index (κ1) is 31.5. The fraction of sp³-hybridized carbons (Fsp3) is 0.690. The van der Waals surface area contributed by atoms with Crippen LogP contribution in [-0.2, 0) is 14.3 Å². The van der Waals surface area contributed by atoms with Crippen molar-refractivity contribution in [2.75, 3.05) is 6.54 Å². The van der Waals surface area contributed by atoms with Crippen molar-refractivity contribution in [3.63, 3.8) is 0 Å². The lowest BCUT2D eigenvalue weighted by Crippen LogP contribution is -2.55. The molecule has 7 nitrogen and oxygen atoms in total. The van der Waals surface area contributed by atoms with E-state index in [4.69, 9.17) is 4.74 Å². The van der Waals surface area contributed by atoms with Crippen LogP contribution in [0.5, 0.6) is 0 Å². The zero-order chi connectivity index (χ0) is 27.6. The van der Waals surface area contributed by atoms with Gasteiger partial charge in [0.25, 0.3) is 0 Å². The van der Waals surface area contributed by atoms with Crippen LogP contribution in [0.25, 0.3) is 0 Å². The van der Waals surface area contributed by atoms with Gasteiger partial charge in [-0.25, -0.2) is 4.79 Å². The van der Waals surface area contributed by atoms with Crippen LogP contribution in [0.4, 0.5) is 4.79 Å². The van der Waals surface area contributed by atoms with Gasteiger partial charge < -0.3 is 20.3 Å². The molecule has 2 N–H and O–H groups in total. The average molecular weight is 504 g/mol. The number of carbonyl (C=O) groups is 3. The molecule has 7 heteroatoms. The van der Waals surface area contributed by atoms with E-state index in [1.165, 1.54) is 0 Å². The molecule has 0 radical (unpaired) electrons. The maximum absolute atomic E-state index is 14.1. The van der Waals surface area contributed by atoms with E-state index in [0.29, 0.717) is 6.54 Å². The highest BCUT2D eigenvalue weighted by molar-refractivity contribution is 5.92. The van der Waals surface area contributed by atoms with Crippen LogP contribution in [0.2, 0.25) is 0 Å². The van der Waals surface area contributed by atoms with Crippen LogP contribution in [0.3, 0.4) is 0 Å². The molecule has 0 saturated carbocycles. The monoisotopic (exact) mass is 503 g/mol. The first-order valence-electron chi connectivity index (χ1n) is 13.4. The molecule has 0 fully saturated rings. The molecule has 0 aliphatic rings. The number of benzene rings is 1. The van der Waals surface area contributed by atoms with Gasteiger partial charge in [-0.2, -0.15) is 0 Å². The largest absolute Gasteiger partial charge is 0.444 e. The molecule has 3 atom stereocenters. The second-order valence-corrected chi connectivity index (χ2v) is 11.2. The highest BCUT2D eigenvalue weighted by Crippen LogP contribution is 2.26. The summed E-state index contributed by atoms with van der Waals surface area (Å²) in [6, 6.07) is 4.26. The smallest absolute Gasteiger partial charge is 0.408 e. The fourth-order valence-electron chi connectivity index (χ4n) is 4.06. The Morgan fingerprint density at radius 1 is 0.972 bits per heavy atom. The van der Waals surface area contributed by atoms with Gasteiger partial charge in [0.2, 0.25) is 11.8 Å². The summed E-state index contributed by atoms with van der Waals surface area (Å²) in [5.41, 5.74) is 2.26. The van der Waals surface area contributed by atoms with Crippen molar-refractivity contribution in [1.29, 1.82) is 0 Å². The first-order valence-corrected chi connectivity index (χ1v) is 13.4. The molecule has 36 heavy (non-hydrogen) atoms. The van der Waals surface area contributed by atoms with Gasteiger partial charge in [0, 0.05) is 12.6 Å². The van der Waals surface area contributed by atoms with E-state index in [1.807, 2.05) is 52.8 Å². The minimum atomic E-state index is -0.827. The van der Waals surface area contributed by atoms with Crippen molar-refractivity contribution in [2.45, 2.75) is 119 Å². The third-order valence-electron chi connectivity index (χ3n) is 6.16. The molecule has 204 valence electrons. The number of rotatable bonds is 12. The van der Waals surface area contributed by atoms with Gasteiger partial charge in [-0.1, -0.05) is 58.7 Å². The summed E-state index contributed by atoms with van der Waals surface area (Å²) in [5.74, 6) is -0.689. The second-order valence-electron chi connectivity index (χ2n) is 11.2. The van der Waals surface area contributed by atoms with Gasteiger partial charge in [-0.05, 0) is 77.0 Å². The van der Waals surface area contributed by atoms with E-state index in [1.54, 1.807) is 25.7 Å². The molecule has 0 aromatic heterocycles. The molecule has 1 aromatic rings. The topological polar surface area (TPSA) is 87.7 Å². The Kier molecular flexibility index (Phi) is 12.4. The normalized spacial score (nSPS) is 14.1. The summed E-state index contributed by atoms with van der Waals surface area (Å²) in [7, 11) is 0. The van der Waals surface area contributed by atoms with Gasteiger partial charge >= 0.3 is 6.09 Å². The summed E-state index contributed by atoms with van der Waals surface area (Å²) in [6.07, 6.45) is 2.76. The molecule has 0 aliphatic carbocycles. The molecule has 1 rings (SSSR count). The lowest BCUT2D eigenvalue weighted by Gasteiger charge is -2.36. The Morgan fingerprint density at radius 2 is 1.61 bits per heavy atom. The van der Waals surface area contributed by atoms with Crippen LogP contribution >= 0.6 is 0 Å². The molecule has 3 amide bonds. The molecule has 0 heterocycles. The number of nitrogens with one attached hydrogen (secondary N) is 2. The number of hydrogen-bond donors (Lipinski definition) is 2. The minimum Gasteiger partial charge on any atom is -0.444 e. The number of nitrogens with zero attached hydrogens (tertiary/aromatic N) is 1. The van der Waals surface area contributed by atoms with Crippen LogP contribution in [0, 0.1) is 19.8 Å². The summed E-state index contributed by atoms with van der Waals surface area (Å²) in [6.45, 7) is 19.7. The average Bonchev–Trinajstić information content (AvgIpc) is 2.75. The summed E-state index contributed by atoms with van der Waals surface area (Å²) < 4.78 is 5.43. The SMILES string of the molecule is CCCCN(C(=O)C(NC(=O)OC(C)(C)C)C(C)C)C(C(=O)NC(C)CCC)c1ccc(C)c(C)c1. The molecule has 0 saturated heterocycles. The zero-order valence-corrected chi connectivity index (χ0v) is 24.2. The lowest BCUT2D eigenvalue weighted by molar-refractivity contribution is -0.143. The van der Waals surface area contributed by atoms with Crippen molar-refractivity contribution in [3.8, 4) is 0 Å². The molecule has 0 aliphatic heterocycles. The fourth-order valence-corrected chi connectivity index (χ4v) is 4.06. The van der Waals surface area contributed by atoms with Gasteiger partial charge in [0.1, 0.15) is 17.7 Å². The molecule has 0 spiro atoms. The quantitative estimate of drug-likeness (QED) is 0.376. The number of carbonyl (C=O) groups excluding carboxylic acids is 3. The first-order chi connectivity index (χ1) is 16.7. The maximum atomic E-state index is 14.1. The zero-order valence-electron chi connectivity index (χ0n) is 24.2. The van der Waals surface area contributed by atoms with Gasteiger partial charge in [0.05, 0.1) is 0 Å². The van der Waals surface area contributed by atoms with Gasteiger partial charge in [0.15, 0.2) is 0 Å². The molecular formula is C29H49N3O4. The third-order valence-corrected chi connectivity index (χ3v) is 6.16. The van der Waals surface area contributed by atoms with E-state index < -0.39 is 23.8 Å². The Labute approximate surface area is 218 Å². The van der Waals surface area contributed by atoms with E-state index in [2.05, 4.69) is 24.5 Å². The minimum absolute atomic E-state index is 0.0135. The lowest BCUT2D eigenvalue weighted by atomic mass is 9.96. The number of aryl methyl sites for hydroxylation is 2. The number of unbranched alkanes of at least 4 members (excludes halogenated alkanes) is 1. The Balaban J connectivity index is 3.50. The Morgan fingerprint density at radius 3 is 2.11 bits per heavy atom. The predicted octanol–water partition coefficient (Wildman–Crippen LogP) is 5.83. The predicted molar refractivity (Wildman–Crippen MR) is 146 cm³/mol. The van der Waals surface area contributed by atoms with Crippen molar-refractivity contribution >= 4 is 17.9 Å². The van der Waals surface area contributed by atoms with E-state index >= 15 is 0 Å². The molecule has 3 unspecified atom stereocenters. The standard InChI is InChI=1S/C29H49N3O4/c1-11-13-17-32(27(34)24(19(3)4)31-28(35)36-29(8,9)10)25(26(33)30-22(7)14-12-2)23-16-15-20(5)21(6)18-23/h15-16,18-19,22,24-25H,11-14,17H2,1-10H3,(H,30,33)(H,31,35). The third kappa shape index (κ3) is 9.82. The highest BCUT2D eigenvalue weighted by Gasteiger charge is 2.37. The maximum Gasteiger partial charge on any atom is 0.408 e. The number of alkyl carbamates (subject to hydrolysis) is 1. The second kappa shape index (κ2) is 14.2. The van der Waals surface area contributed by atoms with Gasteiger partial charge in [-0.3, -0.25) is 9.59 Å². The Hall–Kier alpha value is -2.57. The van der Waals surface area contributed by atoms with Crippen molar-refractivity contribution < 1.29 is 19.1 Å². The molecular weight excluding hydrogens is 454 g/mol. The van der Waals surface area contributed by atoms with E-state index in [-0.39, 0.29) is 23.8 Å². The van der Waals surface area contributed by atoms with Crippen LogP contribution in [0.15, 0.2) is 18.2 Å². The van der Waals surface area contributed by atoms with Crippen LogP contribution < -0.4 is 10.6 Å². The molecule has 0 bridgehead atoms. The van der Waals surface area contributed by atoms with Crippen molar-refractivity contribution in [2.24, 2.45) is 5.92 Å². The van der Waals surface area contributed by atoms with Gasteiger partial charge in [-0.15, -0.1) is 0 Å². The Bertz CT molecular complexity index is 876. The summed E-state index contributed by atoms with van der Waals surface area (Å²) in [4.78, 5) is 42.0. The highest BCUT2D eigenvalue weighted by atomic mass is 16.6. The van der Waals surface area contributed by atoms with Crippen LogP contribution in [0.1, 0.15) is 104 Å². The van der Waals surface area contributed by atoms with Crippen molar-refractivity contribution in [1.82, 2.24) is 15.5 Å². The number of hydrogen-bond acceptors (Lipinski definition) is 4. The number of amides is 3.